The van der Waals surface area contributed by atoms with Gasteiger partial charge in [0, 0.05) is 23.6 Å². The zero-order valence-corrected chi connectivity index (χ0v) is 18.7. The molecule has 1 unspecified atom stereocenters. The second-order valence-electron chi connectivity index (χ2n) is 6.56. The van der Waals surface area contributed by atoms with Gasteiger partial charge in [0.2, 0.25) is 0 Å². The lowest BCUT2D eigenvalue weighted by Gasteiger charge is -2.14. The molecule has 0 aliphatic heterocycles. The molecule has 0 spiro atoms. The molecule has 1 aliphatic carbocycles. The summed E-state index contributed by atoms with van der Waals surface area (Å²) in [6, 6.07) is 9.93. The average molecular weight is 493 g/mol. The summed E-state index contributed by atoms with van der Waals surface area (Å²) in [7, 11) is 1.28. The van der Waals surface area contributed by atoms with Crippen LogP contribution in [0.3, 0.4) is 0 Å². The van der Waals surface area contributed by atoms with Crippen LogP contribution in [0.5, 0.6) is 11.5 Å². The highest BCUT2D eigenvalue weighted by Crippen LogP contribution is 2.53. The van der Waals surface area contributed by atoms with Gasteiger partial charge in [-0.05, 0) is 12.0 Å². The van der Waals surface area contributed by atoms with Gasteiger partial charge in [-0.15, -0.1) is 23.2 Å². The van der Waals surface area contributed by atoms with Crippen LogP contribution in [0.2, 0.25) is 10.0 Å². The summed E-state index contributed by atoms with van der Waals surface area (Å²) in [4.78, 5) is 16.1. The second-order valence-corrected chi connectivity index (χ2v) is 8.92. The zero-order valence-electron chi connectivity index (χ0n) is 15.7. The number of carboxylic acids is 1. The fourth-order valence-electron chi connectivity index (χ4n) is 2.73. The van der Waals surface area contributed by atoms with E-state index in [0.29, 0.717) is 35.7 Å². The van der Waals surface area contributed by atoms with Gasteiger partial charge in [0.25, 0.3) is 0 Å². The smallest absolute Gasteiger partial charge is 0.358 e. The molecule has 0 amide bonds. The molecule has 2 aromatic rings. The topological polar surface area (TPSA) is 77.4 Å². The number of hydrogen-bond donors (Lipinski definition) is 1. The van der Waals surface area contributed by atoms with Crippen molar-refractivity contribution in [2.75, 3.05) is 13.7 Å². The molecular formula is C20H17Cl4NO5. The van der Waals surface area contributed by atoms with Gasteiger partial charge < -0.3 is 19.4 Å². The molecule has 6 nitrogen and oxygen atoms in total. The fraction of sp³-hybridized carbons (Fsp3) is 0.300. The Kier molecular flexibility index (Phi) is 7.24. The van der Waals surface area contributed by atoms with E-state index in [-0.39, 0.29) is 28.3 Å². The second kappa shape index (κ2) is 9.52. The molecule has 0 saturated heterocycles. The highest BCUT2D eigenvalue weighted by Gasteiger charge is 2.52. The minimum absolute atomic E-state index is 0.0255. The normalized spacial score (nSPS) is 17.4. The SMILES string of the molecule is CO/N=C(/C(=O)O)c1ccccc1COc1cc(Cl)c(OCC2CC2(Cl)Cl)c(Cl)c1. The Morgan fingerprint density at radius 2 is 1.83 bits per heavy atom. The van der Waals surface area contributed by atoms with E-state index in [1.807, 2.05) is 0 Å². The molecule has 1 N–H and O–H groups in total. The van der Waals surface area contributed by atoms with E-state index < -0.39 is 10.3 Å². The maximum Gasteiger partial charge on any atom is 0.358 e. The number of ether oxygens (including phenoxy) is 2. The molecule has 1 fully saturated rings. The van der Waals surface area contributed by atoms with Crippen molar-refractivity contribution in [1.29, 1.82) is 0 Å². The van der Waals surface area contributed by atoms with Crippen LogP contribution in [0, 0.1) is 5.92 Å². The Labute approximate surface area is 193 Å². The molecule has 30 heavy (non-hydrogen) atoms. The Morgan fingerprint density at radius 1 is 1.20 bits per heavy atom. The number of halogens is 4. The van der Waals surface area contributed by atoms with Crippen LogP contribution in [0.25, 0.3) is 0 Å². The number of oxime groups is 1. The van der Waals surface area contributed by atoms with Crippen LogP contribution < -0.4 is 9.47 Å². The predicted molar refractivity (Wildman–Crippen MR) is 116 cm³/mol. The third-order valence-electron chi connectivity index (χ3n) is 4.41. The molecular weight excluding hydrogens is 476 g/mol. The molecule has 1 aliphatic rings. The van der Waals surface area contributed by atoms with Crippen LogP contribution in [0.4, 0.5) is 0 Å². The molecule has 1 saturated carbocycles. The number of rotatable bonds is 9. The van der Waals surface area contributed by atoms with Gasteiger partial charge in [0.15, 0.2) is 11.5 Å². The number of carboxylic acid groups (broad SMARTS) is 1. The number of hydrogen-bond acceptors (Lipinski definition) is 5. The van der Waals surface area contributed by atoms with Gasteiger partial charge in [-0.2, -0.15) is 0 Å². The summed E-state index contributed by atoms with van der Waals surface area (Å²) >= 11 is 24.6. The maximum absolute atomic E-state index is 11.5. The van der Waals surface area contributed by atoms with Gasteiger partial charge in [-0.25, -0.2) is 4.79 Å². The molecule has 0 radical (unpaired) electrons. The van der Waals surface area contributed by atoms with E-state index in [2.05, 4.69) is 9.99 Å². The molecule has 10 heteroatoms. The highest BCUT2D eigenvalue weighted by molar-refractivity contribution is 6.50. The van der Waals surface area contributed by atoms with Gasteiger partial charge in [0.1, 0.15) is 23.8 Å². The van der Waals surface area contributed by atoms with Crippen molar-refractivity contribution in [3.63, 3.8) is 0 Å². The minimum atomic E-state index is -1.22. The van der Waals surface area contributed by atoms with Crippen molar-refractivity contribution < 1.29 is 24.2 Å². The summed E-state index contributed by atoms with van der Waals surface area (Å²) in [6.07, 6.45) is 0.649. The number of benzene rings is 2. The predicted octanol–water partition coefficient (Wildman–Crippen LogP) is 5.58. The van der Waals surface area contributed by atoms with Crippen LogP contribution in [-0.2, 0) is 16.2 Å². The first-order chi connectivity index (χ1) is 14.2. The van der Waals surface area contributed by atoms with Crippen LogP contribution >= 0.6 is 46.4 Å². The van der Waals surface area contributed by atoms with Crippen molar-refractivity contribution >= 4 is 58.1 Å². The molecule has 0 bridgehead atoms. The van der Waals surface area contributed by atoms with Gasteiger partial charge in [-0.1, -0.05) is 52.6 Å². The number of aliphatic carboxylic acids is 1. The van der Waals surface area contributed by atoms with E-state index in [1.165, 1.54) is 7.11 Å². The first kappa shape index (κ1) is 22.8. The Balaban J connectivity index is 1.72. The lowest BCUT2D eigenvalue weighted by Crippen LogP contribution is -2.17. The van der Waals surface area contributed by atoms with Crippen molar-refractivity contribution in [2.24, 2.45) is 11.1 Å². The van der Waals surface area contributed by atoms with Gasteiger partial charge in [0.05, 0.1) is 16.7 Å². The molecule has 0 heterocycles. The number of carbonyl (C=O) groups is 1. The highest BCUT2D eigenvalue weighted by atomic mass is 35.5. The lowest BCUT2D eigenvalue weighted by atomic mass is 10.0. The third kappa shape index (κ3) is 5.43. The first-order valence-corrected chi connectivity index (χ1v) is 10.3. The molecule has 3 rings (SSSR count). The van der Waals surface area contributed by atoms with Crippen molar-refractivity contribution in [3.05, 3.63) is 57.6 Å². The largest absolute Gasteiger partial charge is 0.490 e. The maximum atomic E-state index is 11.5. The van der Waals surface area contributed by atoms with E-state index in [4.69, 9.17) is 55.9 Å². The summed E-state index contributed by atoms with van der Waals surface area (Å²) in [6.45, 7) is 0.360. The van der Waals surface area contributed by atoms with Crippen LogP contribution in [-0.4, -0.2) is 34.8 Å². The Bertz CT molecular complexity index is 956. The van der Waals surface area contributed by atoms with Crippen LogP contribution in [0.1, 0.15) is 17.5 Å². The summed E-state index contributed by atoms with van der Waals surface area (Å²) in [5, 5.41) is 13.5. The lowest BCUT2D eigenvalue weighted by molar-refractivity contribution is -0.129. The molecule has 0 aromatic heterocycles. The fourth-order valence-corrected chi connectivity index (χ4v) is 3.80. The molecule has 2 aromatic carbocycles. The Morgan fingerprint density at radius 3 is 2.40 bits per heavy atom. The van der Waals surface area contributed by atoms with E-state index in [9.17, 15) is 9.90 Å². The monoisotopic (exact) mass is 491 g/mol. The van der Waals surface area contributed by atoms with E-state index in [0.717, 1.165) is 0 Å². The third-order valence-corrected chi connectivity index (χ3v) is 5.90. The zero-order chi connectivity index (χ0) is 21.9. The summed E-state index contributed by atoms with van der Waals surface area (Å²) in [5.41, 5.74) is 0.739. The average Bonchev–Trinajstić information content (AvgIpc) is 3.30. The summed E-state index contributed by atoms with van der Waals surface area (Å²) < 4.78 is 10.7. The number of nitrogens with zero attached hydrogens (tertiary/aromatic N) is 1. The van der Waals surface area contributed by atoms with Gasteiger partial charge >= 0.3 is 5.97 Å². The van der Waals surface area contributed by atoms with E-state index in [1.54, 1.807) is 36.4 Å². The molecule has 1 atom stereocenters. The van der Waals surface area contributed by atoms with Crippen molar-refractivity contribution in [1.82, 2.24) is 0 Å². The summed E-state index contributed by atoms with van der Waals surface area (Å²) in [5.74, 6) is -0.478. The number of alkyl halides is 2. The van der Waals surface area contributed by atoms with Crippen LogP contribution in [0.15, 0.2) is 41.6 Å². The quantitative estimate of drug-likeness (QED) is 0.281. The van der Waals surface area contributed by atoms with Gasteiger partial charge in [-0.3, -0.25) is 0 Å². The van der Waals surface area contributed by atoms with E-state index >= 15 is 0 Å². The standard InChI is InChI=1S/C20H17Cl4NO5/c1-28-25-17(19(26)27)14-5-3-2-4-11(14)9-29-13-6-15(21)18(16(22)7-13)30-10-12-8-20(12,23)24/h2-7,12H,8-10H2,1H3,(H,26,27)/b25-17+. The molecule has 160 valence electrons. The first-order valence-electron chi connectivity index (χ1n) is 8.78. The van der Waals surface area contributed by atoms with Crippen molar-refractivity contribution in [3.8, 4) is 11.5 Å². The minimum Gasteiger partial charge on any atom is -0.490 e. The van der Waals surface area contributed by atoms with Crippen molar-refractivity contribution in [2.45, 2.75) is 17.4 Å². The Hall–Kier alpha value is -1.86.